The summed E-state index contributed by atoms with van der Waals surface area (Å²) in [5.74, 6) is -2.63. The quantitative estimate of drug-likeness (QED) is 0.170. The number of aliphatic hydroxyl groups excluding tert-OH is 1. The van der Waals surface area contributed by atoms with E-state index in [1.54, 1.807) is 0 Å². The van der Waals surface area contributed by atoms with E-state index in [9.17, 15) is 24.8 Å². The summed E-state index contributed by atoms with van der Waals surface area (Å²) in [6.07, 6.45) is 0. The molecule has 0 aliphatic carbocycles. The van der Waals surface area contributed by atoms with Gasteiger partial charge in [-0.2, -0.15) is 0 Å². The Labute approximate surface area is 124 Å². The van der Waals surface area contributed by atoms with E-state index in [4.69, 9.17) is 11.6 Å². The van der Waals surface area contributed by atoms with Gasteiger partial charge in [0.05, 0.1) is 17.1 Å². The summed E-state index contributed by atoms with van der Waals surface area (Å²) in [5, 5.41) is 21.1. The SMILES string of the molecule is CCOC(=O)/C(C(C)=O)=C(/O)c1ccc(Cl)cc1[N+](=O)[O-]. The molecular formula is C13H12ClNO6. The van der Waals surface area contributed by atoms with Crippen LogP contribution in [0.4, 0.5) is 5.69 Å². The number of carbonyl (C=O) groups is 2. The maximum absolute atomic E-state index is 11.7. The number of aliphatic hydroxyl groups is 1. The lowest BCUT2D eigenvalue weighted by Gasteiger charge is -2.08. The second-order valence-electron chi connectivity index (χ2n) is 3.92. The summed E-state index contributed by atoms with van der Waals surface area (Å²) >= 11 is 5.66. The van der Waals surface area contributed by atoms with Crippen molar-refractivity contribution in [1.82, 2.24) is 0 Å². The van der Waals surface area contributed by atoms with Crippen LogP contribution in [0.3, 0.4) is 0 Å². The van der Waals surface area contributed by atoms with Gasteiger partial charge in [-0.1, -0.05) is 11.6 Å². The number of nitrogens with zero attached hydrogens (tertiary/aromatic N) is 1. The molecule has 8 heteroatoms. The Bertz CT molecular complexity index is 638. The fraction of sp³-hybridized carbons (Fsp3) is 0.231. The Balaban J connectivity index is 3.54. The van der Waals surface area contributed by atoms with Crippen molar-refractivity contribution in [2.24, 2.45) is 0 Å². The zero-order valence-corrected chi connectivity index (χ0v) is 12.0. The van der Waals surface area contributed by atoms with Gasteiger partial charge < -0.3 is 9.84 Å². The van der Waals surface area contributed by atoms with Crippen LogP contribution in [0.5, 0.6) is 0 Å². The third-order valence-corrected chi connectivity index (χ3v) is 2.72. The Kier molecular flexibility index (Phi) is 5.43. The molecule has 1 aromatic rings. The number of esters is 1. The summed E-state index contributed by atoms with van der Waals surface area (Å²) in [4.78, 5) is 33.4. The van der Waals surface area contributed by atoms with E-state index in [0.717, 1.165) is 19.1 Å². The number of ketones is 1. The second kappa shape index (κ2) is 6.85. The molecule has 112 valence electrons. The first kappa shape index (κ1) is 16.6. The zero-order chi connectivity index (χ0) is 16.2. The maximum Gasteiger partial charge on any atom is 0.345 e. The lowest BCUT2D eigenvalue weighted by molar-refractivity contribution is -0.385. The number of hydrogen-bond acceptors (Lipinski definition) is 6. The number of benzene rings is 1. The first-order valence-electron chi connectivity index (χ1n) is 5.85. The molecule has 0 aromatic heterocycles. The number of nitro benzene ring substituents is 1. The van der Waals surface area contributed by atoms with Crippen LogP contribution in [0.15, 0.2) is 23.8 Å². The molecule has 1 N–H and O–H groups in total. The van der Waals surface area contributed by atoms with E-state index in [-0.39, 0.29) is 17.2 Å². The second-order valence-corrected chi connectivity index (χ2v) is 4.36. The summed E-state index contributed by atoms with van der Waals surface area (Å²) in [6.45, 7) is 2.56. The van der Waals surface area contributed by atoms with Gasteiger partial charge in [-0.25, -0.2) is 4.79 Å². The van der Waals surface area contributed by atoms with Crippen molar-refractivity contribution in [2.75, 3.05) is 6.61 Å². The monoisotopic (exact) mass is 313 g/mol. The highest BCUT2D eigenvalue weighted by atomic mass is 35.5. The molecule has 0 heterocycles. The predicted molar refractivity (Wildman–Crippen MR) is 75.0 cm³/mol. The van der Waals surface area contributed by atoms with Gasteiger partial charge in [0.2, 0.25) is 0 Å². The lowest BCUT2D eigenvalue weighted by atomic mass is 10.0. The fourth-order valence-electron chi connectivity index (χ4n) is 1.60. The van der Waals surface area contributed by atoms with Crippen LogP contribution in [0.25, 0.3) is 5.76 Å². The van der Waals surface area contributed by atoms with E-state index < -0.39 is 33.7 Å². The van der Waals surface area contributed by atoms with Crippen molar-refractivity contribution in [2.45, 2.75) is 13.8 Å². The molecule has 0 atom stereocenters. The van der Waals surface area contributed by atoms with Gasteiger partial charge >= 0.3 is 5.97 Å². The molecule has 0 saturated heterocycles. The Morgan fingerprint density at radius 2 is 2.05 bits per heavy atom. The number of carbonyl (C=O) groups excluding carboxylic acids is 2. The Morgan fingerprint density at radius 3 is 2.52 bits per heavy atom. The molecule has 21 heavy (non-hydrogen) atoms. The summed E-state index contributed by atoms with van der Waals surface area (Å²) in [5.41, 5.74) is -1.46. The number of halogens is 1. The zero-order valence-electron chi connectivity index (χ0n) is 11.3. The molecule has 7 nitrogen and oxygen atoms in total. The smallest absolute Gasteiger partial charge is 0.345 e. The van der Waals surface area contributed by atoms with Crippen molar-refractivity contribution in [1.29, 1.82) is 0 Å². The molecular weight excluding hydrogens is 302 g/mol. The van der Waals surface area contributed by atoms with Crippen LogP contribution in [0.2, 0.25) is 5.02 Å². The van der Waals surface area contributed by atoms with E-state index in [2.05, 4.69) is 4.74 Å². The van der Waals surface area contributed by atoms with Crippen LogP contribution in [-0.4, -0.2) is 28.4 Å². The number of Topliss-reactive ketones (excluding diaryl/α,β-unsaturated/α-hetero) is 1. The highest BCUT2D eigenvalue weighted by Crippen LogP contribution is 2.30. The summed E-state index contributed by atoms with van der Waals surface area (Å²) in [6, 6.07) is 3.46. The van der Waals surface area contributed by atoms with Crippen LogP contribution >= 0.6 is 11.6 Å². The third kappa shape index (κ3) is 3.79. The van der Waals surface area contributed by atoms with Gasteiger partial charge in [0.15, 0.2) is 5.78 Å². The molecule has 0 radical (unpaired) electrons. The van der Waals surface area contributed by atoms with Gasteiger partial charge in [-0.3, -0.25) is 14.9 Å². The molecule has 1 aromatic carbocycles. The van der Waals surface area contributed by atoms with Crippen molar-refractivity contribution in [3.05, 3.63) is 44.5 Å². The first-order chi connectivity index (χ1) is 9.79. The minimum atomic E-state index is -1.05. The van der Waals surface area contributed by atoms with Crippen molar-refractivity contribution in [3.8, 4) is 0 Å². The largest absolute Gasteiger partial charge is 0.506 e. The minimum absolute atomic E-state index is 0.00833. The van der Waals surface area contributed by atoms with Gasteiger partial charge in [-0.05, 0) is 26.0 Å². The van der Waals surface area contributed by atoms with Crippen LogP contribution in [0, 0.1) is 10.1 Å². The number of nitro groups is 1. The van der Waals surface area contributed by atoms with Crippen LogP contribution in [-0.2, 0) is 14.3 Å². The van der Waals surface area contributed by atoms with E-state index in [0.29, 0.717) is 0 Å². The topological polar surface area (TPSA) is 107 Å². The fourth-order valence-corrected chi connectivity index (χ4v) is 1.77. The average molecular weight is 314 g/mol. The highest BCUT2D eigenvalue weighted by molar-refractivity contribution is 6.31. The van der Waals surface area contributed by atoms with Crippen molar-refractivity contribution < 1.29 is 24.4 Å². The molecule has 0 bridgehead atoms. The molecule has 0 unspecified atom stereocenters. The van der Waals surface area contributed by atoms with E-state index in [1.807, 2.05) is 0 Å². The average Bonchev–Trinajstić information content (AvgIpc) is 2.38. The normalized spacial score (nSPS) is 11.6. The van der Waals surface area contributed by atoms with Gasteiger partial charge in [0.25, 0.3) is 5.69 Å². The number of ether oxygens (including phenoxy) is 1. The molecule has 0 aliphatic heterocycles. The highest BCUT2D eigenvalue weighted by Gasteiger charge is 2.27. The van der Waals surface area contributed by atoms with Gasteiger partial charge in [0, 0.05) is 11.1 Å². The molecule has 0 fully saturated rings. The lowest BCUT2D eigenvalue weighted by Crippen LogP contribution is -2.16. The van der Waals surface area contributed by atoms with Gasteiger partial charge in [-0.15, -0.1) is 0 Å². The summed E-state index contributed by atoms with van der Waals surface area (Å²) < 4.78 is 4.66. The number of hydrogen-bond donors (Lipinski definition) is 1. The third-order valence-electron chi connectivity index (χ3n) is 2.48. The first-order valence-corrected chi connectivity index (χ1v) is 6.23. The minimum Gasteiger partial charge on any atom is -0.506 e. The van der Waals surface area contributed by atoms with E-state index in [1.165, 1.54) is 13.0 Å². The van der Waals surface area contributed by atoms with Crippen LogP contribution < -0.4 is 0 Å². The predicted octanol–water partition coefficient (Wildman–Crippen LogP) is 2.67. The van der Waals surface area contributed by atoms with Crippen LogP contribution in [0.1, 0.15) is 19.4 Å². The Morgan fingerprint density at radius 1 is 1.43 bits per heavy atom. The molecule has 0 aliphatic rings. The summed E-state index contributed by atoms with van der Waals surface area (Å²) in [7, 11) is 0. The molecule has 0 amide bonds. The molecule has 1 rings (SSSR count). The number of rotatable bonds is 5. The standard InChI is InChI=1S/C13H12ClNO6/c1-3-21-13(18)11(7(2)16)12(17)9-5-4-8(14)6-10(9)15(19)20/h4-6,17H,3H2,1-2H3/b12-11+. The van der Waals surface area contributed by atoms with Crippen molar-refractivity contribution in [3.63, 3.8) is 0 Å². The molecule has 0 saturated carbocycles. The Hall–Kier alpha value is -2.41. The van der Waals surface area contributed by atoms with Gasteiger partial charge in [0.1, 0.15) is 11.3 Å². The van der Waals surface area contributed by atoms with E-state index >= 15 is 0 Å². The maximum atomic E-state index is 11.7. The van der Waals surface area contributed by atoms with Crippen molar-refractivity contribution >= 4 is 34.8 Å². The molecule has 0 spiro atoms.